The maximum atomic E-state index is 13.4. The fourth-order valence-corrected chi connectivity index (χ4v) is 4.42. The van der Waals surface area contributed by atoms with Crippen LogP contribution in [0.15, 0.2) is 78.4 Å². The predicted octanol–water partition coefficient (Wildman–Crippen LogP) is 6.23. The van der Waals surface area contributed by atoms with Crippen molar-refractivity contribution in [3.63, 3.8) is 0 Å². The largest absolute Gasteiger partial charge is 0.508 e. The number of carbonyl (C=O) groups is 2. The number of aromatic hydroxyl groups is 1. The molecule has 1 fully saturated rings. The average molecular weight is 530 g/mol. The molecule has 0 aliphatic carbocycles. The van der Waals surface area contributed by atoms with E-state index in [0.717, 1.165) is 5.56 Å². The molecule has 1 saturated heterocycles. The number of amides is 1. The van der Waals surface area contributed by atoms with E-state index in [1.807, 2.05) is 45.0 Å². The van der Waals surface area contributed by atoms with E-state index < -0.39 is 23.3 Å². The highest BCUT2D eigenvalue weighted by Crippen LogP contribution is 2.41. The van der Waals surface area contributed by atoms with Crippen LogP contribution in [0.3, 0.4) is 0 Å². The van der Waals surface area contributed by atoms with Gasteiger partial charge in [-0.25, -0.2) is 0 Å². The van der Waals surface area contributed by atoms with Gasteiger partial charge in [0.2, 0.25) is 0 Å². The van der Waals surface area contributed by atoms with Gasteiger partial charge in [-0.15, -0.1) is 0 Å². The second kappa shape index (κ2) is 11.2. The number of para-hydroxylation sites is 1. The molecule has 4 rings (SSSR count). The summed E-state index contributed by atoms with van der Waals surface area (Å²) in [5.74, 6) is -0.116. The third-order valence-corrected chi connectivity index (χ3v) is 6.19. The Kier molecular flexibility index (Phi) is 8.00. The topological polar surface area (TPSA) is 96.3 Å². The van der Waals surface area contributed by atoms with Crippen LogP contribution >= 0.6 is 0 Å². The summed E-state index contributed by atoms with van der Waals surface area (Å²) in [6.07, 6.45) is 0. The van der Waals surface area contributed by atoms with E-state index in [0.29, 0.717) is 35.2 Å². The molecule has 1 unspecified atom stereocenters. The van der Waals surface area contributed by atoms with Crippen LogP contribution in [0.4, 0.5) is 0 Å². The highest BCUT2D eigenvalue weighted by Gasteiger charge is 2.46. The molecule has 1 aliphatic rings. The second-order valence-corrected chi connectivity index (χ2v) is 11.1. The van der Waals surface area contributed by atoms with Crippen molar-refractivity contribution in [2.24, 2.45) is 5.92 Å². The molecule has 0 radical (unpaired) electrons. The zero-order valence-electron chi connectivity index (χ0n) is 23.0. The number of rotatable bonds is 8. The van der Waals surface area contributed by atoms with Crippen LogP contribution in [-0.4, -0.2) is 39.0 Å². The Morgan fingerprint density at radius 2 is 1.59 bits per heavy atom. The van der Waals surface area contributed by atoms with Gasteiger partial charge in [0.05, 0.1) is 24.8 Å². The number of benzene rings is 3. The number of ether oxygens (including phenoxy) is 2. The Hall–Kier alpha value is -4.26. The van der Waals surface area contributed by atoms with Crippen molar-refractivity contribution in [3.05, 3.63) is 95.1 Å². The number of nitrogens with zero attached hydrogens (tertiary/aromatic N) is 1. The van der Waals surface area contributed by atoms with Crippen LogP contribution in [0, 0.1) is 5.92 Å². The van der Waals surface area contributed by atoms with Crippen molar-refractivity contribution in [1.82, 2.24) is 4.90 Å². The van der Waals surface area contributed by atoms with Crippen LogP contribution in [0.1, 0.15) is 57.4 Å². The standard InChI is InChI=1S/C32H35NO6/c1-20(2)19-38-25-16-12-22(13-17-25)29(35)27-28(21-10-14-24(34)15-11-21)33(31(37)30(27)36)18-23-8-6-7-9-26(23)39-32(3,4)5/h6-17,20,28,34-35H,18-19H2,1-5H3/b29-27+. The number of aliphatic hydroxyl groups excluding tert-OH is 1. The average Bonchev–Trinajstić information content (AvgIpc) is 3.13. The highest BCUT2D eigenvalue weighted by atomic mass is 16.5. The summed E-state index contributed by atoms with van der Waals surface area (Å²) in [6, 6.07) is 19.6. The number of carbonyl (C=O) groups excluding carboxylic acids is 2. The van der Waals surface area contributed by atoms with Crippen molar-refractivity contribution >= 4 is 17.4 Å². The van der Waals surface area contributed by atoms with Crippen LogP contribution < -0.4 is 9.47 Å². The van der Waals surface area contributed by atoms with Gasteiger partial charge in [-0.3, -0.25) is 9.59 Å². The monoisotopic (exact) mass is 529 g/mol. The number of phenolic OH excluding ortho intramolecular Hbond substituents is 1. The Bertz CT molecular complexity index is 1370. The summed E-state index contributed by atoms with van der Waals surface area (Å²) < 4.78 is 11.9. The van der Waals surface area contributed by atoms with E-state index in [1.165, 1.54) is 17.0 Å². The van der Waals surface area contributed by atoms with Crippen molar-refractivity contribution in [3.8, 4) is 17.2 Å². The number of hydrogen-bond donors (Lipinski definition) is 2. The van der Waals surface area contributed by atoms with E-state index in [4.69, 9.17) is 9.47 Å². The minimum Gasteiger partial charge on any atom is -0.508 e. The lowest BCUT2D eigenvalue weighted by Crippen LogP contribution is -2.30. The van der Waals surface area contributed by atoms with Gasteiger partial charge < -0.3 is 24.6 Å². The van der Waals surface area contributed by atoms with Gasteiger partial charge in [-0.2, -0.15) is 0 Å². The van der Waals surface area contributed by atoms with E-state index in [1.54, 1.807) is 36.4 Å². The van der Waals surface area contributed by atoms with Crippen molar-refractivity contribution in [2.45, 2.75) is 52.8 Å². The van der Waals surface area contributed by atoms with Gasteiger partial charge in [-0.05, 0) is 74.7 Å². The van der Waals surface area contributed by atoms with Gasteiger partial charge >= 0.3 is 0 Å². The normalized spacial score (nSPS) is 17.1. The van der Waals surface area contributed by atoms with Crippen molar-refractivity contribution < 1.29 is 29.3 Å². The van der Waals surface area contributed by atoms with Gasteiger partial charge in [0.25, 0.3) is 11.7 Å². The Labute approximate surface area is 229 Å². The number of phenols is 1. The molecule has 0 aromatic heterocycles. The molecule has 1 amide bonds. The lowest BCUT2D eigenvalue weighted by molar-refractivity contribution is -0.140. The first-order valence-corrected chi connectivity index (χ1v) is 13.0. The van der Waals surface area contributed by atoms with Gasteiger partial charge in [0.15, 0.2) is 0 Å². The fraction of sp³-hybridized carbons (Fsp3) is 0.312. The van der Waals surface area contributed by atoms with Crippen LogP contribution in [0.25, 0.3) is 5.76 Å². The van der Waals surface area contributed by atoms with Crippen molar-refractivity contribution in [1.29, 1.82) is 0 Å². The first kappa shape index (κ1) is 27.8. The molecule has 204 valence electrons. The molecule has 1 heterocycles. The van der Waals surface area contributed by atoms with Crippen LogP contribution in [0.5, 0.6) is 17.2 Å². The molecular weight excluding hydrogens is 494 g/mol. The summed E-state index contributed by atoms with van der Waals surface area (Å²) in [7, 11) is 0. The first-order chi connectivity index (χ1) is 18.4. The zero-order chi connectivity index (χ0) is 28.3. The Morgan fingerprint density at radius 1 is 0.949 bits per heavy atom. The summed E-state index contributed by atoms with van der Waals surface area (Å²) >= 11 is 0. The minimum atomic E-state index is -0.870. The fourth-order valence-electron chi connectivity index (χ4n) is 4.42. The first-order valence-electron chi connectivity index (χ1n) is 13.0. The van der Waals surface area contributed by atoms with Crippen LogP contribution in [-0.2, 0) is 16.1 Å². The SMILES string of the molecule is CC(C)COc1ccc(/C(O)=C2\C(=O)C(=O)N(Cc3ccccc3OC(C)(C)C)C2c2ccc(O)cc2)cc1. The molecule has 0 spiro atoms. The van der Waals surface area contributed by atoms with Gasteiger partial charge in [-0.1, -0.05) is 44.2 Å². The molecule has 1 atom stereocenters. The molecular formula is C32H35NO6. The minimum absolute atomic E-state index is 0.0178. The maximum Gasteiger partial charge on any atom is 0.295 e. The zero-order valence-corrected chi connectivity index (χ0v) is 23.0. The summed E-state index contributed by atoms with van der Waals surface area (Å²) in [6.45, 7) is 10.5. The van der Waals surface area contributed by atoms with E-state index >= 15 is 0 Å². The molecule has 7 nitrogen and oxygen atoms in total. The highest BCUT2D eigenvalue weighted by molar-refractivity contribution is 6.46. The molecule has 2 N–H and O–H groups in total. The van der Waals surface area contributed by atoms with Gasteiger partial charge in [0, 0.05) is 11.1 Å². The number of ketones is 1. The molecule has 3 aromatic rings. The van der Waals surface area contributed by atoms with E-state index in [-0.39, 0.29) is 23.6 Å². The van der Waals surface area contributed by atoms with Gasteiger partial charge in [0.1, 0.15) is 28.6 Å². The molecule has 7 heteroatoms. The maximum absolute atomic E-state index is 13.4. The molecule has 3 aromatic carbocycles. The van der Waals surface area contributed by atoms with E-state index in [2.05, 4.69) is 13.8 Å². The smallest absolute Gasteiger partial charge is 0.295 e. The van der Waals surface area contributed by atoms with E-state index in [9.17, 15) is 19.8 Å². The number of aliphatic hydroxyl groups is 1. The quantitative estimate of drug-likeness (QED) is 0.204. The third kappa shape index (κ3) is 6.42. The predicted molar refractivity (Wildman–Crippen MR) is 150 cm³/mol. The Morgan fingerprint density at radius 3 is 2.21 bits per heavy atom. The number of likely N-dealkylation sites (tertiary alicyclic amines) is 1. The van der Waals surface area contributed by atoms with Crippen LogP contribution in [0.2, 0.25) is 0 Å². The Balaban J connectivity index is 1.77. The summed E-state index contributed by atoms with van der Waals surface area (Å²) in [5, 5.41) is 21.2. The lowest BCUT2D eigenvalue weighted by atomic mass is 9.95. The third-order valence-electron chi connectivity index (χ3n) is 6.19. The van der Waals surface area contributed by atoms with Crippen molar-refractivity contribution in [2.75, 3.05) is 6.61 Å². The summed E-state index contributed by atoms with van der Waals surface area (Å²) in [5.41, 5.74) is 1.22. The molecule has 1 aliphatic heterocycles. The molecule has 39 heavy (non-hydrogen) atoms. The summed E-state index contributed by atoms with van der Waals surface area (Å²) in [4.78, 5) is 28.3. The number of Topliss-reactive ketones (excluding diaryl/α,β-unsaturated/α-hetero) is 1. The lowest BCUT2D eigenvalue weighted by Gasteiger charge is -2.28. The molecule has 0 saturated carbocycles. The second-order valence-electron chi connectivity index (χ2n) is 11.1. The number of hydrogen-bond acceptors (Lipinski definition) is 6. The molecule has 0 bridgehead atoms.